The molecule has 0 saturated heterocycles. The van der Waals surface area contributed by atoms with Crippen LogP contribution in [0.4, 0.5) is 5.69 Å². The number of benzene rings is 1. The van der Waals surface area contributed by atoms with E-state index in [4.69, 9.17) is 4.74 Å². The molecule has 0 radical (unpaired) electrons. The highest BCUT2D eigenvalue weighted by Gasteiger charge is 2.27. The van der Waals surface area contributed by atoms with Gasteiger partial charge in [-0.1, -0.05) is 0 Å². The fraction of sp³-hybridized carbons (Fsp3) is 0.381. The fourth-order valence-corrected chi connectivity index (χ4v) is 3.17. The molecule has 1 aliphatic heterocycles. The van der Waals surface area contributed by atoms with E-state index < -0.39 is 0 Å². The van der Waals surface area contributed by atoms with Crippen molar-refractivity contribution in [3.05, 3.63) is 53.3 Å². The molecule has 0 unspecified atom stereocenters. The number of hydrogen-bond acceptors (Lipinski definition) is 5. The molecule has 0 fully saturated rings. The number of rotatable bonds is 5. The number of likely N-dealkylation sites (N-methyl/N-ethyl adjacent to an activating group) is 1. The number of amides is 2. The maximum Gasteiger partial charge on any atom is 0.253 e. The van der Waals surface area contributed by atoms with Gasteiger partial charge in [0.15, 0.2) is 0 Å². The van der Waals surface area contributed by atoms with Gasteiger partial charge in [-0.25, -0.2) is 0 Å². The number of nitrogens with one attached hydrogen (secondary N) is 1. The van der Waals surface area contributed by atoms with Crippen LogP contribution in [0.15, 0.2) is 36.5 Å². The lowest BCUT2D eigenvalue weighted by Gasteiger charge is -2.35. The first-order valence-corrected chi connectivity index (χ1v) is 9.24. The molecule has 28 heavy (non-hydrogen) atoms. The molecule has 0 saturated carbocycles. The largest absolute Gasteiger partial charge is 0.489 e. The third-order valence-corrected chi connectivity index (χ3v) is 4.83. The van der Waals surface area contributed by atoms with Crippen LogP contribution in [0.25, 0.3) is 0 Å². The summed E-state index contributed by atoms with van der Waals surface area (Å²) in [5.74, 6) is 0.591. The Labute approximate surface area is 165 Å². The number of aryl methyl sites for hydroxylation is 1. The molecule has 0 bridgehead atoms. The SMILES string of the molecule is Cc1ccnc(CNC(=O)C[C@@H]2COc3ccc(C(=O)N(C)C)cc3N2C)c1. The van der Waals surface area contributed by atoms with Crippen LogP contribution in [-0.2, 0) is 11.3 Å². The van der Waals surface area contributed by atoms with Gasteiger partial charge in [-0.05, 0) is 42.8 Å². The van der Waals surface area contributed by atoms with E-state index in [1.54, 1.807) is 26.4 Å². The van der Waals surface area contributed by atoms with Gasteiger partial charge < -0.3 is 19.9 Å². The van der Waals surface area contributed by atoms with Crippen LogP contribution in [0.2, 0.25) is 0 Å². The third kappa shape index (κ3) is 4.42. The Morgan fingerprint density at radius 3 is 2.79 bits per heavy atom. The van der Waals surface area contributed by atoms with E-state index in [0.717, 1.165) is 22.7 Å². The van der Waals surface area contributed by atoms with Gasteiger partial charge in [0.05, 0.1) is 30.4 Å². The molecule has 0 aliphatic carbocycles. The predicted molar refractivity (Wildman–Crippen MR) is 108 cm³/mol. The average molecular weight is 382 g/mol. The van der Waals surface area contributed by atoms with E-state index in [0.29, 0.717) is 25.1 Å². The highest BCUT2D eigenvalue weighted by molar-refractivity contribution is 5.95. The van der Waals surface area contributed by atoms with Crippen molar-refractivity contribution in [1.29, 1.82) is 0 Å². The van der Waals surface area contributed by atoms with Crippen molar-refractivity contribution >= 4 is 17.5 Å². The van der Waals surface area contributed by atoms with Crippen molar-refractivity contribution < 1.29 is 14.3 Å². The lowest BCUT2D eigenvalue weighted by molar-refractivity contribution is -0.121. The molecule has 0 spiro atoms. The van der Waals surface area contributed by atoms with Gasteiger partial charge in [-0.15, -0.1) is 0 Å². The maximum atomic E-state index is 12.4. The number of carbonyl (C=O) groups is 2. The second-order valence-electron chi connectivity index (χ2n) is 7.26. The number of hydrogen-bond donors (Lipinski definition) is 1. The van der Waals surface area contributed by atoms with E-state index >= 15 is 0 Å². The Morgan fingerprint density at radius 2 is 2.07 bits per heavy atom. The number of carbonyl (C=O) groups excluding carboxylic acids is 2. The first kappa shape index (κ1) is 19.7. The van der Waals surface area contributed by atoms with E-state index in [-0.39, 0.29) is 17.9 Å². The summed E-state index contributed by atoms with van der Waals surface area (Å²) in [4.78, 5) is 32.5. The summed E-state index contributed by atoms with van der Waals surface area (Å²) in [5.41, 5.74) is 3.35. The molecular formula is C21H26N4O3. The van der Waals surface area contributed by atoms with Crippen molar-refractivity contribution in [2.75, 3.05) is 32.6 Å². The number of aromatic nitrogens is 1. The summed E-state index contributed by atoms with van der Waals surface area (Å²) < 4.78 is 5.82. The van der Waals surface area contributed by atoms with Gasteiger partial charge in [0.2, 0.25) is 5.91 Å². The number of nitrogens with zero attached hydrogens (tertiary/aromatic N) is 3. The summed E-state index contributed by atoms with van der Waals surface area (Å²) in [7, 11) is 5.36. The van der Waals surface area contributed by atoms with Crippen molar-refractivity contribution in [2.45, 2.75) is 25.9 Å². The number of fused-ring (bicyclic) bond motifs is 1. The van der Waals surface area contributed by atoms with Crippen LogP contribution in [0, 0.1) is 6.92 Å². The zero-order valence-corrected chi connectivity index (χ0v) is 16.7. The second-order valence-corrected chi connectivity index (χ2v) is 7.26. The molecule has 2 heterocycles. The lowest BCUT2D eigenvalue weighted by atomic mass is 10.1. The molecule has 2 amide bonds. The fourth-order valence-electron chi connectivity index (χ4n) is 3.17. The standard InChI is InChI=1S/C21H26N4O3/c1-14-7-8-22-16(9-14)12-23-20(26)11-17-13-28-19-6-5-15(21(27)24(2)3)10-18(19)25(17)4/h5-10,17H,11-13H2,1-4H3,(H,23,26)/t17-/m1/s1. The van der Waals surface area contributed by atoms with E-state index in [1.165, 1.54) is 4.90 Å². The summed E-state index contributed by atoms with van der Waals surface area (Å²) in [6, 6.07) is 9.15. The Balaban J connectivity index is 1.64. The molecule has 1 aliphatic rings. The van der Waals surface area contributed by atoms with Gasteiger partial charge in [0.25, 0.3) is 5.91 Å². The Bertz CT molecular complexity index is 882. The lowest BCUT2D eigenvalue weighted by Crippen LogP contribution is -2.43. The van der Waals surface area contributed by atoms with Crippen LogP contribution in [0.5, 0.6) is 5.75 Å². The molecule has 1 atom stereocenters. The quantitative estimate of drug-likeness (QED) is 0.856. The highest BCUT2D eigenvalue weighted by Crippen LogP contribution is 2.34. The van der Waals surface area contributed by atoms with Gasteiger partial charge >= 0.3 is 0 Å². The summed E-state index contributed by atoms with van der Waals surface area (Å²) in [6.45, 7) is 2.81. The monoisotopic (exact) mass is 382 g/mol. The minimum Gasteiger partial charge on any atom is -0.489 e. The van der Waals surface area contributed by atoms with Gasteiger partial charge in [0.1, 0.15) is 12.4 Å². The first-order valence-electron chi connectivity index (χ1n) is 9.24. The van der Waals surface area contributed by atoms with Gasteiger partial charge in [-0.3, -0.25) is 14.6 Å². The van der Waals surface area contributed by atoms with E-state index in [9.17, 15) is 9.59 Å². The molecule has 1 aromatic carbocycles. The topological polar surface area (TPSA) is 74.8 Å². The first-order chi connectivity index (χ1) is 13.3. The average Bonchev–Trinajstić information content (AvgIpc) is 2.68. The summed E-state index contributed by atoms with van der Waals surface area (Å²) in [6.07, 6.45) is 2.04. The van der Waals surface area contributed by atoms with Crippen LogP contribution in [-0.4, -0.2) is 55.5 Å². The van der Waals surface area contributed by atoms with Crippen molar-refractivity contribution in [3.63, 3.8) is 0 Å². The molecule has 1 N–H and O–H groups in total. The molecule has 148 valence electrons. The third-order valence-electron chi connectivity index (χ3n) is 4.83. The summed E-state index contributed by atoms with van der Waals surface area (Å²) in [5, 5.41) is 2.92. The minimum absolute atomic E-state index is 0.0623. The number of anilines is 1. The normalized spacial score (nSPS) is 15.4. The Hall–Kier alpha value is -3.09. The smallest absolute Gasteiger partial charge is 0.253 e. The van der Waals surface area contributed by atoms with E-state index in [2.05, 4.69) is 10.3 Å². The molecule has 1 aromatic heterocycles. The number of pyridine rings is 1. The zero-order valence-electron chi connectivity index (χ0n) is 16.7. The van der Waals surface area contributed by atoms with Crippen LogP contribution in [0.1, 0.15) is 28.0 Å². The minimum atomic E-state index is -0.109. The molecular weight excluding hydrogens is 356 g/mol. The van der Waals surface area contributed by atoms with Crippen LogP contribution < -0.4 is 15.0 Å². The number of ether oxygens (including phenoxy) is 1. The maximum absolute atomic E-state index is 12.4. The van der Waals surface area contributed by atoms with Crippen LogP contribution >= 0.6 is 0 Å². The molecule has 2 aromatic rings. The molecule has 3 rings (SSSR count). The van der Waals surface area contributed by atoms with Gasteiger partial charge in [0, 0.05) is 32.9 Å². The molecule has 7 heteroatoms. The second kappa shape index (κ2) is 8.29. The predicted octanol–water partition coefficient (Wildman–Crippen LogP) is 2.00. The van der Waals surface area contributed by atoms with Crippen molar-refractivity contribution in [2.24, 2.45) is 0 Å². The Morgan fingerprint density at radius 1 is 1.29 bits per heavy atom. The summed E-state index contributed by atoms with van der Waals surface area (Å²) >= 11 is 0. The van der Waals surface area contributed by atoms with E-state index in [1.807, 2.05) is 43.1 Å². The zero-order chi connectivity index (χ0) is 20.3. The van der Waals surface area contributed by atoms with Crippen molar-refractivity contribution in [1.82, 2.24) is 15.2 Å². The Kier molecular flexibility index (Phi) is 5.82. The molecule has 7 nitrogen and oxygen atoms in total. The highest BCUT2D eigenvalue weighted by atomic mass is 16.5. The van der Waals surface area contributed by atoms with Crippen molar-refractivity contribution in [3.8, 4) is 5.75 Å². The van der Waals surface area contributed by atoms with Gasteiger partial charge in [-0.2, -0.15) is 0 Å². The van der Waals surface area contributed by atoms with Crippen LogP contribution in [0.3, 0.4) is 0 Å².